The maximum Gasteiger partial charge on any atom is 0.269 e. The molecule has 1 aliphatic heterocycles. The molecule has 0 bridgehead atoms. The molecule has 1 aromatic heterocycles. The van der Waals surface area contributed by atoms with Crippen molar-refractivity contribution < 1.29 is 14.7 Å². The van der Waals surface area contributed by atoms with Gasteiger partial charge in [0.1, 0.15) is 11.2 Å². The summed E-state index contributed by atoms with van der Waals surface area (Å²) >= 11 is 0. The van der Waals surface area contributed by atoms with Crippen LogP contribution in [0.15, 0.2) is 77.2 Å². The minimum Gasteiger partial charge on any atom is -0.455 e. The predicted octanol–water partition coefficient (Wildman–Crippen LogP) is 5.98. The summed E-state index contributed by atoms with van der Waals surface area (Å²) in [5.41, 5.74) is 13.4. The van der Waals surface area contributed by atoms with E-state index in [4.69, 9.17) is 15.6 Å². The lowest BCUT2D eigenvalue weighted by Crippen LogP contribution is -2.44. The molecule has 0 amide bonds. The number of hydrogen-bond donors (Lipinski definition) is 2. The second-order valence-corrected chi connectivity index (χ2v) is 10.8. The predicted molar refractivity (Wildman–Crippen MR) is 167 cm³/mol. The van der Waals surface area contributed by atoms with E-state index < -0.39 is 4.92 Å². The molecule has 4 N–H and O–H groups in total. The van der Waals surface area contributed by atoms with E-state index in [1.807, 2.05) is 12.1 Å². The monoisotopic (exact) mass is 545 g/mol. The summed E-state index contributed by atoms with van der Waals surface area (Å²) in [5.74, 6) is 0. The van der Waals surface area contributed by atoms with Gasteiger partial charge in [0, 0.05) is 70.8 Å². The number of fused-ring (bicyclic) bond motifs is 7. The molecule has 6 aromatic rings. The van der Waals surface area contributed by atoms with Crippen molar-refractivity contribution in [3.8, 4) is 0 Å². The van der Waals surface area contributed by atoms with Crippen LogP contribution in [-0.4, -0.2) is 18.5 Å². The highest BCUT2D eigenvalue weighted by molar-refractivity contribution is 6.14. The van der Waals surface area contributed by atoms with Gasteiger partial charge in [-0.2, -0.15) is 0 Å². The van der Waals surface area contributed by atoms with E-state index in [0.29, 0.717) is 5.69 Å². The van der Waals surface area contributed by atoms with E-state index in [1.165, 1.54) is 69.2 Å². The highest BCUT2D eigenvalue weighted by Gasteiger charge is 2.22. The number of nitrogen functional groups attached to an aromatic ring is 1. The van der Waals surface area contributed by atoms with Crippen LogP contribution >= 0.6 is 0 Å². The Morgan fingerprint density at radius 1 is 0.927 bits per heavy atom. The highest BCUT2D eigenvalue weighted by atomic mass is 16.6. The first kappa shape index (κ1) is 26.3. The zero-order chi connectivity index (χ0) is 28.8. The first-order valence-corrected chi connectivity index (χ1v) is 13.9. The van der Waals surface area contributed by atoms with E-state index in [-0.39, 0.29) is 5.69 Å². The van der Waals surface area contributed by atoms with Gasteiger partial charge in [-0.05, 0) is 77.9 Å². The zero-order valence-corrected chi connectivity index (χ0v) is 23.5. The summed E-state index contributed by atoms with van der Waals surface area (Å²) in [6.07, 6.45) is 3.35. The summed E-state index contributed by atoms with van der Waals surface area (Å²) in [6.45, 7) is 5.60. The van der Waals surface area contributed by atoms with Crippen LogP contribution in [0.5, 0.6) is 0 Å². The number of non-ortho nitro benzene ring substituents is 1. The number of nitrogens with two attached hydrogens (primary N) is 2. The van der Waals surface area contributed by atoms with Crippen LogP contribution in [0.3, 0.4) is 0 Å². The molecule has 0 unspecified atom stereocenters. The summed E-state index contributed by atoms with van der Waals surface area (Å²) in [5, 5.41) is 24.0. The van der Waals surface area contributed by atoms with E-state index >= 15 is 0 Å². The molecule has 2 heterocycles. The molecule has 0 spiro atoms. The van der Waals surface area contributed by atoms with Crippen LogP contribution in [-0.2, 0) is 12.8 Å². The molecule has 206 valence electrons. The van der Waals surface area contributed by atoms with Crippen molar-refractivity contribution in [2.24, 2.45) is 0 Å². The second kappa shape index (κ2) is 10.2. The summed E-state index contributed by atoms with van der Waals surface area (Å²) in [7, 11) is 2.23. The molecule has 5 aromatic carbocycles. The lowest BCUT2D eigenvalue weighted by Gasteiger charge is -2.31. The van der Waals surface area contributed by atoms with Crippen LogP contribution < -0.4 is 21.4 Å². The normalized spacial score (nSPS) is 12.9. The van der Waals surface area contributed by atoms with E-state index in [0.717, 1.165) is 52.1 Å². The van der Waals surface area contributed by atoms with Crippen molar-refractivity contribution in [1.82, 2.24) is 0 Å². The molecular formula is C34H33N4O3+. The molecule has 0 atom stereocenters. The lowest BCUT2D eigenvalue weighted by atomic mass is 9.90. The molecule has 7 rings (SSSR count). The minimum absolute atomic E-state index is 0.0641. The molecule has 7 heteroatoms. The Balaban J connectivity index is 0.000000258. The van der Waals surface area contributed by atoms with Crippen LogP contribution in [0.1, 0.15) is 30.0 Å². The van der Waals surface area contributed by atoms with Gasteiger partial charge in [0.2, 0.25) is 0 Å². The second-order valence-electron chi connectivity index (χ2n) is 10.8. The van der Waals surface area contributed by atoms with Gasteiger partial charge in [0.25, 0.3) is 5.69 Å². The number of anilines is 2. The average Bonchev–Trinajstić information content (AvgIpc) is 2.96. The number of hydrogen-bond acceptors (Lipinski definition) is 5. The fourth-order valence-corrected chi connectivity index (χ4v) is 6.19. The Morgan fingerprint density at radius 3 is 2.29 bits per heavy atom. The Morgan fingerprint density at radius 2 is 1.59 bits per heavy atom. The number of benzene rings is 5. The largest absolute Gasteiger partial charge is 0.455 e. The topological polar surface area (TPSA) is 111 Å². The summed E-state index contributed by atoms with van der Waals surface area (Å²) in [4.78, 5) is 12.1. The summed E-state index contributed by atoms with van der Waals surface area (Å²) in [6, 6.07) is 23.0. The van der Waals surface area contributed by atoms with Crippen molar-refractivity contribution >= 4 is 60.5 Å². The van der Waals surface area contributed by atoms with Gasteiger partial charge in [0.05, 0.1) is 4.92 Å². The molecule has 0 fully saturated rings. The lowest BCUT2D eigenvalue weighted by molar-refractivity contribution is -0.384. The molecule has 0 saturated heterocycles. The summed E-state index contributed by atoms with van der Waals surface area (Å²) < 4.78 is 6.76. The Kier molecular flexibility index (Phi) is 6.58. The Hall–Kier alpha value is -4.91. The SMILES string of the molecule is CCc1c2c(cc3c1ccc1c(C)c4ccc5cc(=[NH2+])ccc5c4oc13)CCCN2C.Nc1ccc([N+](=O)[O-])cc1. The molecular weight excluding hydrogens is 512 g/mol. The highest BCUT2D eigenvalue weighted by Crippen LogP contribution is 2.41. The van der Waals surface area contributed by atoms with Gasteiger partial charge in [0.15, 0.2) is 5.36 Å². The Labute approximate surface area is 237 Å². The number of nitro benzene ring substituents is 1. The van der Waals surface area contributed by atoms with Crippen molar-refractivity contribution in [1.29, 1.82) is 0 Å². The van der Waals surface area contributed by atoms with Crippen molar-refractivity contribution in [2.45, 2.75) is 33.1 Å². The number of rotatable bonds is 2. The third-order valence-corrected chi connectivity index (χ3v) is 8.22. The van der Waals surface area contributed by atoms with Gasteiger partial charge in [-0.15, -0.1) is 0 Å². The van der Waals surface area contributed by atoms with Crippen molar-refractivity contribution in [3.63, 3.8) is 0 Å². The van der Waals surface area contributed by atoms with Gasteiger partial charge in [-0.3, -0.25) is 15.5 Å². The van der Waals surface area contributed by atoms with E-state index in [2.05, 4.69) is 62.2 Å². The van der Waals surface area contributed by atoms with Crippen LogP contribution in [0.25, 0.3) is 43.5 Å². The van der Waals surface area contributed by atoms with Crippen LogP contribution in [0, 0.1) is 17.0 Å². The number of nitro groups is 1. The maximum absolute atomic E-state index is 10.1. The first-order valence-electron chi connectivity index (χ1n) is 13.9. The van der Waals surface area contributed by atoms with Gasteiger partial charge < -0.3 is 15.1 Å². The maximum atomic E-state index is 10.1. The molecule has 0 aliphatic carbocycles. The minimum atomic E-state index is -0.459. The Bertz CT molecular complexity index is 2050. The average molecular weight is 546 g/mol. The molecule has 0 saturated carbocycles. The standard InChI is InChI=1S/C28H26N2O.C6H6N2O2/c1-4-20-24-12-11-22-16(2)21-9-7-17-14-19(29)8-10-23(17)27(21)31-28(22)25(24)15-18-6-5-13-30(3)26(18)20;7-5-1-3-6(4-2-5)8(9)10/h7-12,14-15,29H,4-6,13H2,1-3H3;1-4H,7H2/p+1. The van der Waals surface area contributed by atoms with Crippen molar-refractivity contribution in [2.75, 3.05) is 24.2 Å². The first-order chi connectivity index (χ1) is 19.8. The third-order valence-electron chi connectivity index (χ3n) is 8.22. The van der Waals surface area contributed by atoms with E-state index in [1.54, 1.807) is 0 Å². The molecule has 1 aliphatic rings. The molecule has 0 radical (unpaired) electrons. The fourth-order valence-electron chi connectivity index (χ4n) is 6.19. The molecule has 7 nitrogen and oxygen atoms in total. The number of aryl methyl sites for hydroxylation is 3. The third kappa shape index (κ3) is 4.53. The van der Waals surface area contributed by atoms with E-state index in [9.17, 15) is 10.1 Å². The molecule has 41 heavy (non-hydrogen) atoms. The fraction of sp³-hybridized carbons (Fsp3) is 0.206. The van der Waals surface area contributed by atoms with Gasteiger partial charge >= 0.3 is 0 Å². The van der Waals surface area contributed by atoms with Crippen LogP contribution in [0.2, 0.25) is 0 Å². The van der Waals surface area contributed by atoms with Crippen LogP contribution in [0.4, 0.5) is 17.1 Å². The quantitative estimate of drug-likeness (QED) is 0.0914. The van der Waals surface area contributed by atoms with Gasteiger partial charge in [-0.1, -0.05) is 31.2 Å². The smallest absolute Gasteiger partial charge is 0.269 e. The van der Waals surface area contributed by atoms with Gasteiger partial charge in [-0.25, -0.2) is 0 Å². The van der Waals surface area contributed by atoms with Crippen molar-refractivity contribution in [3.05, 3.63) is 105 Å². The number of nitrogens with zero attached hydrogens (tertiary/aromatic N) is 2. The zero-order valence-electron chi connectivity index (χ0n) is 23.5.